The molecule has 1 unspecified atom stereocenters. The lowest BCUT2D eigenvalue weighted by Crippen LogP contribution is -1.99. The molecule has 0 aromatic rings. The van der Waals surface area contributed by atoms with Gasteiger partial charge in [0.1, 0.15) is 5.12 Å². The van der Waals surface area contributed by atoms with Gasteiger partial charge in [-0.25, -0.2) is 0 Å². The second kappa shape index (κ2) is 7.95. The van der Waals surface area contributed by atoms with Gasteiger partial charge in [-0.3, -0.25) is 4.57 Å². The molecule has 0 fully saturated rings. The predicted molar refractivity (Wildman–Crippen MR) is 60.1 cm³/mol. The minimum atomic E-state index is -4.07. The van der Waals surface area contributed by atoms with Crippen molar-refractivity contribution in [2.24, 2.45) is 0 Å². The Balaban J connectivity index is 3.32. The van der Waals surface area contributed by atoms with Crippen LogP contribution in [0.3, 0.4) is 0 Å². The van der Waals surface area contributed by atoms with Crippen molar-refractivity contribution in [1.29, 1.82) is 0 Å². The van der Waals surface area contributed by atoms with Crippen molar-refractivity contribution in [2.45, 2.75) is 43.6 Å². The monoisotopic (exact) mass is 262 g/mol. The molecule has 2 N–H and O–H groups in total. The highest BCUT2D eigenvalue weighted by Crippen LogP contribution is 2.45. The van der Waals surface area contributed by atoms with Crippen LogP contribution in [0.15, 0.2) is 0 Å². The SMILES string of the molecule is O=P(O)(O)C(Cl)CCCCCCCCl. The Morgan fingerprint density at radius 1 is 1.07 bits per heavy atom. The van der Waals surface area contributed by atoms with Gasteiger partial charge in [0.15, 0.2) is 0 Å². The normalized spacial score (nSPS) is 14.3. The highest BCUT2D eigenvalue weighted by atomic mass is 35.5. The molecule has 0 saturated carbocycles. The quantitative estimate of drug-likeness (QED) is 0.401. The van der Waals surface area contributed by atoms with E-state index in [9.17, 15) is 4.57 Å². The third-order valence-corrected chi connectivity index (χ3v) is 4.18. The molecule has 0 aliphatic heterocycles. The van der Waals surface area contributed by atoms with Crippen LogP contribution < -0.4 is 0 Å². The Morgan fingerprint density at radius 2 is 1.57 bits per heavy atom. The number of unbranched alkanes of at least 4 members (excludes halogenated alkanes) is 4. The van der Waals surface area contributed by atoms with E-state index in [1.165, 1.54) is 0 Å². The van der Waals surface area contributed by atoms with Gasteiger partial charge in [-0.2, -0.15) is 0 Å². The van der Waals surface area contributed by atoms with Crippen LogP contribution in [0.25, 0.3) is 0 Å². The molecule has 0 bridgehead atoms. The number of alkyl halides is 2. The number of halogens is 2. The largest absolute Gasteiger partial charge is 0.343 e. The van der Waals surface area contributed by atoms with Gasteiger partial charge in [-0.05, 0) is 12.8 Å². The van der Waals surface area contributed by atoms with Gasteiger partial charge in [0, 0.05) is 5.88 Å². The minimum absolute atomic E-state index is 0.382. The molecule has 0 radical (unpaired) electrons. The average Bonchev–Trinajstić information content (AvgIpc) is 2.09. The first-order chi connectivity index (χ1) is 6.48. The molecular weight excluding hydrogens is 246 g/mol. The third-order valence-electron chi connectivity index (χ3n) is 1.94. The van der Waals surface area contributed by atoms with Crippen LogP contribution in [0.2, 0.25) is 0 Å². The van der Waals surface area contributed by atoms with E-state index in [0.717, 1.165) is 32.1 Å². The highest BCUT2D eigenvalue weighted by Gasteiger charge is 2.25. The molecule has 14 heavy (non-hydrogen) atoms. The summed E-state index contributed by atoms with van der Waals surface area (Å²) < 4.78 is 10.6. The predicted octanol–water partition coefficient (Wildman–Crippen LogP) is 3.31. The third kappa shape index (κ3) is 8.07. The molecule has 3 nitrogen and oxygen atoms in total. The van der Waals surface area contributed by atoms with Gasteiger partial charge in [0.05, 0.1) is 0 Å². The summed E-state index contributed by atoms with van der Waals surface area (Å²) in [5, 5.41) is -1.02. The Kier molecular flexibility index (Phi) is 8.36. The summed E-state index contributed by atoms with van der Waals surface area (Å²) in [5.74, 6) is 0.681. The molecule has 0 aromatic heterocycles. The number of rotatable bonds is 8. The standard InChI is InChI=1S/C8H17Cl2O3P/c9-7-5-3-1-2-4-6-8(10)14(11,12)13/h8H,1-7H2,(H2,11,12,13). The van der Waals surface area contributed by atoms with Crippen LogP contribution in [0, 0.1) is 0 Å². The van der Waals surface area contributed by atoms with Crippen LogP contribution in [-0.4, -0.2) is 20.8 Å². The number of hydrogen-bond donors (Lipinski definition) is 2. The molecule has 0 aliphatic carbocycles. The zero-order chi connectivity index (χ0) is 11.0. The van der Waals surface area contributed by atoms with E-state index in [1.807, 2.05) is 0 Å². The second-order valence-electron chi connectivity index (χ2n) is 3.27. The van der Waals surface area contributed by atoms with E-state index >= 15 is 0 Å². The summed E-state index contributed by atoms with van der Waals surface area (Å²) in [6, 6.07) is 0. The fraction of sp³-hybridized carbons (Fsp3) is 1.00. The lowest BCUT2D eigenvalue weighted by Gasteiger charge is -2.10. The topological polar surface area (TPSA) is 57.5 Å². The van der Waals surface area contributed by atoms with Crippen LogP contribution in [-0.2, 0) is 4.57 Å². The van der Waals surface area contributed by atoms with E-state index in [0.29, 0.717) is 12.3 Å². The lowest BCUT2D eigenvalue weighted by molar-refractivity contribution is 0.365. The molecule has 0 rings (SSSR count). The van der Waals surface area contributed by atoms with E-state index in [-0.39, 0.29) is 0 Å². The van der Waals surface area contributed by atoms with E-state index in [2.05, 4.69) is 0 Å². The van der Waals surface area contributed by atoms with Crippen molar-refractivity contribution >= 4 is 30.8 Å². The maximum Gasteiger partial charge on any atom is 0.343 e. The Bertz CT molecular complexity index is 183. The van der Waals surface area contributed by atoms with E-state index < -0.39 is 12.7 Å². The van der Waals surface area contributed by atoms with Gasteiger partial charge in [-0.15, -0.1) is 23.2 Å². The van der Waals surface area contributed by atoms with Crippen LogP contribution >= 0.6 is 30.8 Å². The molecule has 6 heteroatoms. The highest BCUT2D eigenvalue weighted by molar-refractivity contribution is 7.54. The Hall–Kier alpha value is 0.730. The molecule has 0 spiro atoms. The maximum atomic E-state index is 10.6. The lowest BCUT2D eigenvalue weighted by atomic mass is 10.1. The molecular formula is C8H17Cl2O3P. The summed E-state index contributed by atoms with van der Waals surface area (Å²) in [5.41, 5.74) is 0. The Labute approximate surface area is 95.0 Å². The summed E-state index contributed by atoms with van der Waals surface area (Å²) in [4.78, 5) is 17.4. The smallest absolute Gasteiger partial charge is 0.323 e. The molecule has 86 valence electrons. The molecule has 1 atom stereocenters. The van der Waals surface area contributed by atoms with E-state index in [4.69, 9.17) is 33.0 Å². The van der Waals surface area contributed by atoms with Gasteiger partial charge in [0.25, 0.3) is 0 Å². The summed E-state index contributed by atoms with van der Waals surface area (Å²) in [6.45, 7) is 0. The van der Waals surface area contributed by atoms with Crippen molar-refractivity contribution in [1.82, 2.24) is 0 Å². The fourth-order valence-electron chi connectivity index (χ4n) is 1.11. The molecule has 0 saturated heterocycles. The average molecular weight is 263 g/mol. The van der Waals surface area contributed by atoms with Crippen LogP contribution in [0.1, 0.15) is 38.5 Å². The summed E-state index contributed by atoms with van der Waals surface area (Å²) in [7, 11) is -4.07. The maximum absolute atomic E-state index is 10.6. The molecule has 0 heterocycles. The van der Waals surface area contributed by atoms with Crippen molar-refractivity contribution < 1.29 is 14.4 Å². The van der Waals surface area contributed by atoms with Crippen LogP contribution in [0.5, 0.6) is 0 Å². The first-order valence-electron chi connectivity index (χ1n) is 4.73. The molecule has 0 aliphatic rings. The van der Waals surface area contributed by atoms with Crippen molar-refractivity contribution in [3.8, 4) is 0 Å². The molecule has 0 aromatic carbocycles. The van der Waals surface area contributed by atoms with Crippen molar-refractivity contribution in [3.63, 3.8) is 0 Å². The van der Waals surface area contributed by atoms with Crippen molar-refractivity contribution in [3.05, 3.63) is 0 Å². The first-order valence-corrected chi connectivity index (χ1v) is 7.39. The zero-order valence-electron chi connectivity index (χ0n) is 8.03. The second-order valence-corrected chi connectivity index (χ2v) is 6.28. The molecule has 0 amide bonds. The summed E-state index contributed by atoms with van der Waals surface area (Å²) >= 11 is 11.0. The van der Waals surface area contributed by atoms with Crippen LogP contribution in [0.4, 0.5) is 0 Å². The van der Waals surface area contributed by atoms with Gasteiger partial charge >= 0.3 is 7.60 Å². The fourth-order valence-corrected chi connectivity index (χ4v) is 1.97. The Morgan fingerprint density at radius 3 is 2.07 bits per heavy atom. The minimum Gasteiger partial charge on any atom is -0.323 e. The van der Waals surface area contributed by atoms with E-state index in [1.54, 1.807) is 0 Å². The number of hydrogen-bond acceptors (Lipinski definition) is 1. The van der Waals surface area contributed by atoms with Crippen molar-refractivity contribution in [2.75, 3.05) is 5.88 Å². The van der Waals surface area contributed by atoms with Gasteiger partial charge in [0.2, 0.25) is 0 Å². The van der Waals surface area contributed by atoms with Gasteiger partial charge in [-0.1, -0.05) is 25.7 Å². The first kappa shape index (κ1) is 14.7. The summed E-state index contributed by atoms with van der Waals surface area (Å²) in [6.07, 6.45) is 5.24. The zero-order valence-corrected chi connectivity index (χ0v) is 10.4. The van der Waals surface area contributed by atoms with Gasteiger partial charge < -0.3 is 9.79 Å².